The lowest BCUT2D eigenvalue weighted by Gasteiger charge is -2.07. The number of nitrogens with two attached hydrogens (primary N) is 1. The Morgan fingerprint density at radius 2 is 1.77 bits per heavy atom. The van der Waals surface area contributed by atoms with Crippen LogP contribution in [0.15, 0.2) is 60.8 Å². The van der Waals surface area contributed by atoms with E-state index >= 15 is 0 Å². The van der Waals surface area contributed by atoms with Crippen molar-refractivity contribution < 1.29 is 4.79 Å². The molecule has 4 rings (SSSR count). The summed E-state index contributed by atoms with van der Waals surface area (Å²) in [6.07, 6.45) is 1.78. The highest BCUT2D eigenvalue weighted by molar-refractivity contribution is 5.92. The first kappa shape index (κ1) is 21.3. The number of hydrogen-bond acceptors (Lipinski definition) is 5. The molecule has 30 heavy (non-hydrogen) atoms. The van der Waals surface area contributed by atoms with E-state index in [-0.39, 0.29) is 5.78 Å². The lowest BCUT2D eigenvalue weighted by Crippen LogP contribution is -2.04. The molecule has 0 saturated heterocycles. The van der Waals surface area contributed by atoms with Crippen molar-refractivity contribution in [3.63, 3.8) is 0 Å². The molecule has 3 aromatic heterocycles. The fraction of sp³-hybridized carbons (Fsp3) is 0.250. The summed E-state index contributed by atoms with van der Waals surface area (Å²) in [6.45, 7) is 8.40. The predicted molar refractivity (Wildman–Crippen MR) is 121 cm³/mol. The second kappa shape index (κ2) is 9.41. The molecule has 0 unspecified atom stereocenters. The van der Waals surface area contributed by atoms with E-state index in [0.717, 1.165) is 33.8 Å². The standard InChI is InChI=1S/C20H17N5O.C4H10/c1-13(26)17-5-3-7-20(24-17)25-19-10-14(8-9-15(19)12-22-25)18-6-2-4-16(11-21)23-18;1-4(2)3/h2-10,12H,11,21H2,1H3;4H,1-3H3. The van der Waals surface area contributed by atoms with Gasteiger partial charge in [0.25, 0.3) is 0 Å². The van der Waals surface area contributed by atoms with Gasteiger partial charge >= 0.3 is 0 Å². The zero-order valence-corrected chi connectivity index (χ0v) is 17.8. The van der Waals surface area contributed by atoms with Gasteiger partial charge in [-0.25, -0.2) is 9.67 Å². The van der Waals surface area contributed by atoms with Crippen molar-refractivity contribution in [1.82, 2.24) is 19.7 Å². The smallest absolute Gasteiger partial charge is 0.178 e. The molecule has 0 aliphatic rings. The Morgan fingerprint density at radius 1 is 1.03 bits per heavy atom. The van der Waals surface area contributed by atoms with Crippen LogP contribution in [0.3, 0.4) is 0 Å². The van der Waals surface area contributed by atoms with E-state index in [4.69, 9.17) is 5.73 Å². The van der Waals surface area contributed by atoms with Crippen LogP contribution in [0.1, 0.15) is 43.9 Å². The Kier molecular flexibility index (Phi) is 6.69. The molecule has 2 N–H and O–H groups in total. The molecule has 0 radical (unpaired) electrons. The van der Waals surface area contributed by atoms with Crippen molar-refractivity contribution in [3.05, 3.63) is 72.2 Å². The molecule has 154 valence electrons. The number of carbonyl (C=O) groups is 1. The average molecular weight is 402 g/mol. The molecule has 0 bridgehead atoms. The second-order valence-electron chi connectivity index (χ2n) is 7.72. The van der Waals surface area contributed by atoms with Crippen LogP contribution in [0, 0.1) is 5.92 Å². The van der Waals surface area contributed by atoms with Crippen molar-refractivity contribution in [2.24, 2.45) is 11.7 Å². The third-order valence-electron chi connectivity index (χ3n) is 4.19. The van der Waals surface area contributed by atoms with Crippen LogP contribution in [0.5, 0.6) is 0 Å². The van der Waals surface area contributed by atoms with Crippen LogP contribution in [0.4, 0.5) is 0 Å². The van der Waals surface area contributed by atoms with Crippen LogP contribution in [0.2, 0.25) is 0 Å². The van der Waals surface area contributed by atoms with E-state index in [0.29, 0.717) is 18.1 Å². The van der Waals surface area contributed by atoms with Gasteiger partial charge in [-0.1, -0.05) is 45.0 Å². The van der Waals surface area contributed by atoms with Gasteiger partial charge in [-0.3, -0.25) is 9.78 Å². The van der Waals surface area contributed by atoms with Crippen LogP contribution < -0.4 is 5.73 Å². The lowest BCUT2D eigenvalue weighted by atomic mass is 10.1. The van der Waals surface area contributed by atoms with E-state index in [1.807, 2.05) is 48.5 Å². The van der Waals surface area contributed by atoms with E-state index in [1.165, 1.54) is 6.92 Å². The highest BCUT2D eigenvalue weighted by Crippen LogP contribution is 2.25. The number of fused-ring (bicyclic) bond motifs is 1. The zero-order valence-electron chi connectivity index (χ0n) is 17.8. The number of aromatic nitrogens is 4. The van der Waals surface area contributed by atoms with E-state index < -0.39 is 0 Å². The monoisotopic (exact) mass is 401 g/mol. The number of ketones is 1. The number of rotatable bonds is 4. The fourth-order valence-electron chi connectivity index (χ4n) is 2.85. The Labute approximate surface area is 176 Å². The summed E-state index contributed by atoms with van der Waals surface area (Å²) in [6, 6.07) is 17.2. The summed E-state index contributed by atoms with van der Waals surface area (Å²) in [5, 5.41) is 5.42. The fourth-order valence-corrected chi connectivity index (χ4v) is 2.85. The van der Waals surface area contributed by atoms with E-state index in [2.05, 4.69) is 35.8 Å². The molecule has 6 heteroatoms. The van der Waals surface area contributed by atoms with Crippen molar-refractivity contribution in [1.29, 1.82) is 0 Å². The molecule has 1 aromatic carbocycles. The maximum Gasteiger partial charge on any atom is 0.178 e. The molecule has 0 atom stereocenters. The number of pyridine rings is 2. The highest BCUT2D eigenvalue weighted by Gasteiger charge is 2.10. The van der Waals surface area contributed by atoms with Gasteiger partial charge in [0.2, 0.25) is 0 Å². The largest absolute Gasteiger partial charge is 0.325 e. The van der Waals surface area contributed by atoms with Crippen LogP contribution in [-0.2, 0) is 6.54 Å². The van der Waals surface area contributed by atoms with E-state index in [1.54, 1.807) is 16.9 Å². The number of hydrogen-bond donors (Lipinski definition) is 1. The normalized spacial score (nSPS) is 10.7. The number of carbonyl (C=O) groups excluding carboxylic acids is 1. The summed E-state index contributed by atoms with van der Waals surface area (Å²) in [7, 11) is 0. The Morgan fingerprint density at radius 3 is 2.47 bits per heavy atom. The van der Waals surface area contributed by atoms with Crippen LogP contribution >= 0.6 is 0 Å². The molecule has 0 amide bonds. The van der Waals surface area contributed by atoms with E-state index in [9.17, 15) is 4.79 Å². The average Bonchev–Trinajstić information content (AvgIpc) is 3.16. The SMILES string of the molecule is CC(=O)c1cccc(-n2ncc3ccc(-c4cccc(CN)n4)cc32)n1.CC(C)C. The quantitative estimate of drug-likeness (QED) is 0.496. The van der Waals surface area contributed by atoms with Gasteiger partial charge < -0.3 is 5.73 Å². The summed E-state index contributed by atoms with van der Waals surface area (Å²) in [4.78, 5) is 20.6. The van der Waals surface area contributed by atoms with Gasteiger partial charge in [-0.05, 0) is 36.2 Å². The summed E-state index contributed by atoms with van der Waals surface area (Å²) >= 11 is 0. The maximum atomic E-state index is 11.6. The molecule has 4 aromatic rings. The van der Waals surface area contributed by atoms with Crippen molar-refractivity contribution >= 4 is 16.7 Å². The molecule has 0 fully saturated rings. The predicted octanol–water partition coefficient (Wildman–Crippen LogP) is 4.81. The topological polar surface area (TPSA) is 86.7 Å². The maximum absolute atomic E-state index is 11.6. The highest BCUT2D eigenvalue weighted by atomic mass is 16.1. The van der Waals surface area contributed by atoms with Crippen LogP contribution in [0.25, 0.3) is 28.0 Å². The summed E-state index contributed by atoms with van der Waals surface area (Å²) in [5.74, 6) is 1.36. The van der Waals surface area contributed by atoms with Gasteiger partial charge in [0.1, 0.15) is 5.69 Å². The van der Waals surface area contributed by atoms with Crippen molar-refractivity contribution in [2.75, 3.05) is 0 Å². The van der Waals surface area contributed by atoms with Gasteiger partial charge in [0.05, 0.1) is 23.1 Å². The molecular formula is C24H27N5O. The first-order chi connectivity index (χ1) is 14.4. The second-order valence-corrected chi connectivity index (χ2v) is 7.72. The zero-order chi connectivity index (χ0) is 21.7. The summed E-state index contributed by atoms with van der Waals surface area (Å²) < 4.78 is 1.73. The molecule has 0 spiro atoms. The molecular weight excluding hydrogens is 374 g/mol. The minimum absolute atomic E-state index is 0.0770. The van der Waals surface area contributed by atoms with Crippen molar-refractivity contribution in [3.8, 4) is 17.1 Å². The minimum atomic E-state index is -0.0770. The molecule has 3 heterocycles. The third kappa shape index (κ3) is 4.96. The Balaban J connectivity index is 0.000000589. The first-order valence-corrected chi connectivity index (χ1v) is 10.0. The molecule has 0 aliphatic heterocycles. The minimum Gasteiger partial charge on any atom is -0.325 e. The van der Waals surface area contributed by atoms with Gasteiger partial charge in [0, 0.05) is 24.4 Å². The first-order valence-electron chi connectivity index (χ1n) is 10.0. The third-order valence-corrected chi connectivity index (χ3v) is 4.19. The van der Waals surface area contributed by atoms with Crippen LogP contribution in [-0.4, -0.2) is 25.5 Å². The molecule has 6 nitrogen and oxygen atoms in total. The van der Waals surface area contributed by atoms with Crippen molar-refractivity contribution in [2.45, 2.75) is 34.2 Å². The molecule has 0 saturated carbocycles. The lowest BCUT2D eigenvalue weighted by molar-refractivity contribution is 0.101. The number of nitrogens with zero attached hydrogens (tertiary/aromatic N) is 4. The van der Waals surface area contributed by atoms with Gasteiger partial charge in [0.15, 0.2) is 11.6 Å². The Bertz CT molecular complexity index is 1160. The molecule has 0 aliphatic carbocycles. The van der Waals surface area contributed by atoms with Gasteiger partial charge in [-0.15, -0.1) is 0 Å². The summed E-state index contributed by atoms with van der Waals surface area (Å²) in [5.41, 5.74) is 9.68. The number of Topliss-reactive ketones (excluding diaryl/α,β-unsaturated/α-hetero) is 1. The number of benzene rings is 1. The van der Waals surface area contributed by atoms with Gasteiger partial charge in [-0.2, -0.15) is 5.10 Å². The Hall–Kier alpha value is -3.38.